The zero-order valence-corrected chi connectivity index (χ0v) is 10.6. The minimum atomic E-state index is -3.75. The van der Waals surface area contributed by atoms with Crippen molar-refractivity contribution in [1.82, 2.24) is 0 Å². The number of halogens is 2. The van der Waals surface area contributed by atoms with Crippen LogP contribution in [0.5, 0.6) is 0 Å². The SMILES string of the molecule is CC(C)(C)S(=O)(=O)N=Cc1cc(F)ccc1F. The van der Waals surface area contributed by atoms with Gasteiger partial charge in [-0.05, 0) is 39.0 Å². The van der Waals surface area contributed by atoms with E-state index in [2.05, 4.69) is 4.40 Å². The Kier molecular flexibility index (Phi) is 3.66. The van der Waals surface area contributed by atoms with Crippen molar-refractivity contribution in [2.75, 3.05) is 0 Å². The predicted molar refractivity (Wildman–Crippen MR) is 62.6 cm³/mol. The van der Waals surface area contributed by atoms with Gasteiger partial charge in [0.2, 0.25) is 0 Å². The minimum Gasteiger partial charge on any atom is -0.207 e. The summed E-state index contributed by atoms with van der Waals surface area (Å²) in [5.41, 5.74) is -0.196. The molecule has 6 heteroatoms. The van der Waals surface area contributed by atoms with E-state index in [4.69, 9.17) is 0 Å². The van der Waals surface area contributed by atoms with Crippen LogP contribution in [0.3, 0.4) is 0 Å². The summed E-state index contributed by atoms with van der Waals surface area (Å²) >= 11 is 0. The van der Waals surface area contributed by atoms with Gasteiger partial charge in [-0.2, -0.15) is 4.40 Å². The topological polar surface area (TPSA) is 46.5 Å². The maximum absolute atomic E-state index is 13.2. The lowest BCUT2D eigenvalue weighted by Crippen LogP contribution is -2.25. The minimum absolute atomic E-state index is 0.196. The number of sulfonamides is 1. The second kappa shape index (κ2) is 4.52. The molecule has 1 rings (SSSR count). The van der Waals surface area contributed by atoms with Gasteiger partial charge in [0.25, 0.3) is 10.0 Å². The third-order valence-electron chi connectivity index (χ3n) is 2.06. The highest BCUT2D eigenvalue weighted by Crippen LogP contribution is 2.17. The van der Waals surface area contributed by atoms with Gasteiger partial charge in [0.1, 0.15) is 11.6 Å². The largest absolute Gasteiger partial charge is 0.258 e. The molecule has 0 atom stereocenters. The van der Waals surface area contributed by atoms with Crippen LogP contribution in [0.1, 0.15) is 26.3 Å². The second-order valence-electron chi connectivity index (χ2n) is 4.49. The van der Waals surface area contributed by atoms with E-state index in [1.54, 1.807) is 0 Å². The highest BCUT2D eigenvalue weighted by Gasteiger charge is 2.27. The van der Waals surface area contributed by atoms with Gasteiger partial charge >= 0.3 is 0 Å². The van der Waals surface area contributed by atoms with Crippen molar-refractivity contribution in [3.63, 3.8) is 0 Å². The molecular weight excluding hydrogens is 248 g/mol. The Balaban J connectivity index is 3.12. The van der Waals surface area contributed by atoms with Crippen LogP contribution in [-0.4, -0.2) is 19.4 Å². The lowest BCUT2D eigenvalue weighted by molar-refractivity contribution is 0.562. The first-order chi connectivity index (χ1) is 7.63. The summed E-state index contributed by atoms with van der Waals surface area (Å²) in [4.78, 5) is 0. The average molecular weight is 261 g/mol. The first-order valence-corrected chi connectivity index (χ1v) is 6.32. The molecule has 0 saturated carbocycles. The van der Waals surface area contributed by atoms with Gasteiger partial charge < -0.3 is 0 Å². The third kappa shape index (κ3) is 3.33. The van der Waals surface area contributed by atoms with Crippen LogP contribution >= 0.6 is 0 Å². The van der Waals surface area contributed by atoms with E-state index < -0.39 is 26.4 Å². The van der Waals surface area contributed by atoms with Crippen LogP contribution in [-0.2, 0) is 10.0 Å². The Morgan fingerprint density at radius 3 is 2.35 bits per heavy atom. The fraction of sp³-hybridized carbons (Fsp3) is 0.364. The maximum Gasteiger partial charge on any atom is 0.258 e. The van der Waals surface area contributed by atoms with Crippen molar-refractivity contribution in [2.24, 2.45) is 4.40 Å². The third-order valence-corrected chi connectivity index (χ3v) is 3.99. The van der Waals surface area contributed by atoms with Crippen LogP contribution in [0.25, 0.3) is 0 Å². The summed E-state index contributed by atoms with van der Waals surface area (Å²) in [5.74, 6) is -1.37. The molecule has 0 aliphatic heterocycles. The van der Waals surface area contributed by atoms with Crippen LogP contribution < -0.4 is 0 Å². The summed E-state index contributed by atoms with van der Waals surface area (Å²) in [6.07, 6.45) is 0.818. The monoisotopic (exact) mass is 261 g/mol. The van der Waals surface area contributed by atoms with E-state index in [1.807, 2.05) is 0 Å². The van der Waals surface area contributed by atoms with E-state index in [1.165, 1.54) is 20.8 Å². The predicted octanol–water partition coefficient (Wildman–Crippen LogP) is 2.51. The van der Waals surface area contributed by atoms with Gasteiger partial charge in [0, 0.05) is 5.56 Å². The van der Waals surface area contributed by atoms with Crippen LogP contribution in [0.4, 0.5) is 8.78 Å². The van der Waals surface area contributed by atoms with E-state index >= 15 is 0 Å². The van der Waals surface area contributed by atoms with Gasteiger partial charge in [0.15, 0.2) is 0 Å². The highest BCUT2D eigenvalue weighted by molar-refractivity contribution is 7.91. The van der Waals surface area contributed by atoms with Crippen LogP contribution in [0.15, 0.2) is 22.6 Å². The van der Waals surface area contributed by atoms with Gasteiger partial charge in [-0.15, -0.1) is 0 Å². The standard InChI is InChI=1S/C11H13F2NO2S/c1-11(2,3)17(15,16)14-7-8-6-9(12)4-5-10(8)13/h4-7H,1-3H3. The molecule has 0 radical (unpaired) electrons. The van der Waals surface area contributed by atoms with E-state index in [9.17, 15) is 17.2 Å². The quantitative estimate of drug-likeness (QED) is 0.768. The Bertz CT molecular complexity index is 545. The Hall–Kier alpha value is -1.30. The Labute approximate surface area is 99.2 Å². The molecule has 0 aromatic heterocycles. The number of nitrogens with zero attached hydrogens (tertiary/aromatic N) is 1. The van der Waals surface area contributed by atoms with Gasteiger partial charge in [-0.1, -0.05) is 0 Å². The van der Waals surface area contributed by atoms with Gasteiger partial charge in [-0.25, -0.2) is 17.2 Å². The summed E-state index contributed by atoms with van der Waals surface area (Å²) in [7, 11) is -3.75. The lowest BCUT2D eigenvalue weighted by atomic mass is 10.2. The van der Waals surface area contributed by atoms with E-state index in [-0.39, 0.29) is 5.56 Å². The van der Waals surface area contributed by atoms with Crippen molar-refractivity contribution in [1.29, 1.82) is 0 Å². The average Bonchev–Trinajstić information content (AvgIpc) is 2.18. The van der Waals surface area contributed by atoms with Gasteiger partial charge in [0.05, 0.1) is 11.0 Å². The molecule has 0 saturated heterocycles. The zero-order chi connectivity index (χ0) is 13.3. The zero-order valence-electron chi connectivity index (χ0n) is 9.74. The molecule has 0 bridgehead atoms. The fourth-order valence-electron chi connectivity index (χ4n) is 0.898. The summed E-state index contributed by atoms with van der Waals surface area (Å²) in [5, 5.41) is 0. The smallest absolute Gasteiger partial charge is 0.207 e. The molecule has 0 N–H and O–H groups in total. The number of hydrogen-bond donors (Lipinski definition) is 0. The molecule has 0 aliphatic rings. The van der Waals surface area contributed by atoms with Crippen molar-refractivity contribution in [3.05, 3.63) is 35.4 Å². The van der Waals surface area contributed by atoms with E-state index in [0.717, 1.165) is 24.4 Å². The van der Waals surface area contributed by atoms with Crippen molar-refractivity contribution < 1.29 is 17.2 Å². The molecule has 17 heavy (non-hydrogen) atoms. The molecule has 0 amide bonds. The molecule has 0 fully saturated rings. The maximum atomic E-state index is 13.2. The normalized spacial score (nSPS) is 13.2. The summed E-state index contributed by atoms with van der Waals surface area (Å²) in [6.45, 7) is 4.42. The van der Waals surface area contributed by atoms with Gasteiger partial charge in [-0.3, -0.25) is 0 Å². The van der Waals surface area contributed by atoms with Crippen molar-refractivity contribution >= 4 is 16.2 Å². The number of rotatable bonds is 2. The molecule has 0 unspecified atom stereocenters. The lowest BCUT2D eigenvalue weighted by Gasteiger charge is -2.14. The Morgan fingerprint density at radius 2 is 1.82 bits per heavy atom. The molecule has 1 aromatic carbocycles. The summed E-state index contributed by atoms with van der Waals surface area (Å²) in [6, 6.07) is 2.75. The van der Waals surface area contributed by atoms with Crippen LogP contribution in [0.2, 0.25) is 0 Å². The number of hydrogen-bond acceptors (Lipinski definition) is 2. The molecule has 3 nitrogen and oxygen atoms in total. The van der Waals surface area contributed by atoms with Crippen molar-refractivity contribution in [2.45, 2.75) is 25.5 Å². The first kappa shape index (κ1) is 13.8. The molecule has 0 aliphatic carbocycles. The molecule has 0 heterocycles. The fourth-order valence-corrected chi connectivity index (χ4v) is 1.47. The molecule has 94 valence electrons. The van der Waals surface area contributed by atoms with Crippen molar-refractivity contribution in [3.8, 4) is 0 Å². The summed E-state index contributed by atoms with van der Waals surface area (Å²) < 4.78 is 51.5. The molecular formula is C11H13F2NO2S. The highest BCUT2D eigenvalue weighted by atomic mass is 32.2. The van der Waals surface area contributed by atoms with E-state index in [0.29, 0.717) is 0 Å². The number of benzene rings is 1. The first-order valence-electron chi connectivity index (χ1n) is 4.88. The molecule has 0 spiro atoms. The second-order valence-corrected chi connectivity index (χ2v) is 6.87. The van der Waals surface area contributed by atoms with Crippen LogP contribution in [0, 0.1) is 11.6 Å². The molecule has 1 aromatic rings. The Morgan fingerprint density at radius 1 is 1.24 bits per heavy atom.